The third kappa shape index (κ3) is 6.24. The Hall–Kier alpha value is -5.38. The van der Waals surface area contributed by atoms with Crippen molar-refractivity contribution < 1.29 is 24.0 Å². The van der Waals surface area contributed by atoms with Gasteiger partial charge in [0.15, 0.2) is 5.75 Å². The minimum Gasteiger partial charge on any atom is -0.502 e. The number of nitro groups is 1. The first-order valence-corrected chi connectivity index (χ1v) is 11.6. The van der Waals surface area contributed by atoms with Crippen LogP contribution in [0.2, 0.25) is 0 Å². The van der Waals surface area contributed by atoms with E-state index in [9.17, 15) is 24.8 Å². The van der Waals surface area contributed by atoms with Crippen LogP contribution in [-0.2, 0) is 0 Å². The Bertz CT molecular complexity index is 1480. The van der Waals surface area contributed by atoms with Gasteiger partial charge in [-0.05, 0) is 48.4 Å². The minimum atomic E-state index is -0.817. The highest BCUT2D eigenvalue weighted by Crippen LogP contribution is 2.27. The molecule has 1 unspecified atom stereocenters. The Balaban J connectivity index is 1.38. The zero-order chi connectivity index (χ0) is 27.1. The summed E-state index contributed by atoms with van der Waals surface area (Å²) in [6, 6.07) is 22.3. The van der Waals surface area contributed by atoms with Crippen molar-refractivity contribution in [3.05, 3.63) is 118 Å². The molecule has 0 saturated carbocycles. The summed E-state index contributed by atoms with van der Waals surface area (Å²) in [4.78, 5) is 35.2. The highest BCUT2D eigenvalue weighted by atomic mass is 16.6. The summed E-state index contributed by atoms with van der Waals surface area (Å²) in [5, 5.41) is 23.9. The second kappa shape index (κ2) is 11.6. The SMILES string of the molecule is CC(C=Cc1ccccc1)Nc1ccc(-c2ccoc2C(=O)NNC(=O)c2ccc(O)c([N+](=O)[O-])c2)cc1. The van der Waals surface area contributed by atoms with Crippen molar-refractivity contribution >= 4 is 29.3 Å². The topological polar surface area (TPSA) is 147 Å². The molecule has 3 aromatic carbocycles. The fourth-order valence-electron chi connectivity index (χ4n) is 3.64. The molecule has 0 aliphatic rings. The molecule has 4 N–H and O–H groups in total. The number of anilines is 1. The molecule has 0 radical (unpaired) electrons. The zero-order valence-corrected chi connectivity index (χ0v) is 20.3. The van der Waals surface area contributed by atoms with E-state index in [4.69, 9.17) is 4.42 Å². The van der Waals surface area contributed by atoms with Crippen molar-refractivity contribution in [2.24, 2.45) is 0 Å². The molecule has 38 heavy (non-hydrogen) atoms. The maximum absolute atomic E-state index is 12.7. The second-order valence-corrected chi connectivity index (χ2v) is 8.31. The number of amides is 2. The van der Waals surface area contributed by atoms with Crippen molar-refractivity contribution in [2.45, 2.75) is 13.0 Å². The van der Waals surface area contributed by atoms with Gasteiger partial charge in [0.1, 0.15) is 0 Å². The first-order valence-electron chi connectivity index (χ1n) is 11.6. The molecule has 10 heteroatoms. The van der Waals surface area contributed by atoms with Crippen LogP contribution < -0.4 is 16.2 Å². The van der Waals surface area contributed by atoms with Crippen molar-refractivity contribution in [3.63, 3.8) is 0 Å². The average molecular weight is 513 g/mol. The smallest absolute Gasteiger partial charge is 0.311 e. The zero-order valence-electron chi connectivity index (χ0n) is 20.3. The lowest BCUT2D eigenvalue weighted by Gasteiger charge is -2.12. The Kier molecular flexibility index (Phi) is 7.83. The average Bonchev–Trinajstić information content (AvgIpc) is 3.42. The van der Waals surface area contributed by atoms with Crippen molar-refractivity contribution in [1.82, 2.24) is 10.9 Å². The molecule has 0 saturated heterocycles. The highest BCUT2D eigenvalue weighted by Gasteiger charge is 2.20. The van der Waals surface area contributed by atoms with Crippen LogP contribution >= 0.6 is 0 Å². The second-order valence-electron chi connectivity index (χ2n) is 8.31. The van der Waals surface area contributed by atoms with Gasteiger partial charge >= 0.3 is 11.6 Å². The standard InChI is InChI=1S/C28H24N4O6/c1-18(7-8-19-5-3-2-4-6-19)29-22-12-9-20(10-13-22)23-15-16-38-26(23)28(35)31-30-27(34)21-11-14-25(33)24(17-21)32(36)37/h2-18,29,33H,1H3,(H,30,34)(H,31,35). The maximum Gasteiger partial charge on any atom is 0.311 e. The van der Waals surface area contributed by atoms with Gasteiger partial charge in [0.05, 0.1) is 11.2 Å². The normalized spacial score (nSPS) is 11.6. The number of nitro benzene ring substituents is 1. The van der Waals surface area contributed by atoms with Crippen LogP contribution in [0.4, 0.5) is 11.4 Å². The van der Waals surface area contributed by atoms with Crippen LogP contribution in [0.3, 0.4) is 0 Å². The first kappa shape index (κ1) is 25.7. The lowest BCUT2D eigenvalue weighted by atomic mass is 10.1. The largest absolute Gasteiger partial charge is 0.502 e. The van der Waals surface area contributed by atoms with Crippen LogP contribution in [0.1, 0.15) is 33.4 Å². The summed E-state index contributed by atoms with van der Waals surface area (Å²) in [5.74, 6) is -2.12. The van der Waals surface area contributed by atoms with Gasteiger partial charge in [-0.1, -0.05) is 54.6 Å². The number of carbonyl (C=O) groups excluding carboxylic acids is 2. The van der Waals surface area contributed by atoms with Crippen LogP contribution in [0.25, 0.3) is 17.2 Å². The van der Waals surface area contributed by atoms with Crippen LogP contribution in [0.5, 0.6) is 5.75 Å². The number of hydrogen-bond acceptors (Lipinski definition) is 7. The number of hydrazine groups is 1. The molecule has 1 heterocycles. The molecular formula is C28H24N4O6. The van der Waals surface area contributed by atoms with E-state index in [-0.39, 0.29) is 17.4 Å². The molecule has 4 aromatic rings. The molecule has 1 atom stereocenters. The van der Waals surface area contributed by atoms with E-state index in [1.165, 1.54) is 12.3 Å². The van der Waals surface area contributed by atoms with Crippen molar-refractivity contribution in [2.75, 3.05) is 5.32 Å². The molecule has 4 rings (SSSR count). The maximum atomic E-state index is 12.7. The van der Waals surface area contributed by atoms with E-state index >= 15 is 0 Å². The molecule has 0 fully saturated rings. The molecule has 10 nitrogen and oxygen atoms in total. The number of hydrogen-bond donors (Lipinski definition) is 4. The molecule has 0 spiro atoms. The number of benzene rings is 3. The number of phenols is 1. The van der Waals surface area contributed by atoms with Crippen LogP contribution in [-0.4, -0.2) is 27.9 Å². The Labute approximate surface area is 217 Å². The molecule has 0 bridgehead atoms. The highest BCUT2D eigenvalue weighted by molar-refractivity contribution is 6.01. The number of phenolic OH excluding ortho intramolecular Hbond substituents is 1. The third-order valence-corrected chi connectivity index (χ3v) is 5.56. The Morgan fingerprint density at radius 1 is 0.974 bits per heavy atom. The minimum absolute atomic E-state index is 0.0261. The van der Waals surface area contributed by atoms with E-state index in [1.807, 2.05) is 67.6 Å². The van der Waals surface area contributed by atoms with Gasteiger partial charge in [0, 0.05) is 28.9 Å². The molecule has 1 aromatic heterocycles. The Morgan fingerprint density at radius 3 is 2.39 bits per heavy atom. The number of rotatable bonds is 8. The Morgan fingerprint density at radius 2 is 1.68 bits per heavy atom. The molecular weight excluding hydrogens is 488 g/mol. The van der Waals surface area contributed by atoms with Crippen molar-refractivity contribution in [1.29, 1.82) is 0 Å². The summed E-state index contributed by atoms with van der Waals surface area (Å²) in [6.07, 6.45) is 5.47. The fraction of sp³-hybridized carbons (Fsp3) is 0.0714. The van der Waals surface area contributed by atoms with E-state index in [0.717, 1.165) is 28.9 Å². The monoisotopic (exact) mass is 512 g/mol. The predicted molar refractivity (Wildman–Crippen MR) is 142 cm³/mol. The van der Waals surface area contributed by atoms with Gasteiger partial charge < -0.3 is 14.8 Å². The van der Waals surface area contributed by atoms with Crippen molar-refractivity contribution in [3.8, 4) is 16.9 Å². The summed E-state index contributed by atoms with van der Waals surface area (Å²) >= 11 is 0. The number of furan rings is 1. The summed E-state index contributed by atoms with van der Waals surface area (Å²) < 4.78 is 5.34. The summed E-state index contributed by atoms with van der Waals surface area (Å²) in [5.41, 5.74) is 6.92. The molecule has 0 aliphatic heterocycles. The van der Waals surface area contributed by atoms with Gasteiger partial charge in [0.25, 0.3) is 5.91 Å². The van der Waals surface area contributed by atoms with E-state index in [0.29, 0.717) is 5.56 Å². The fourth-order valence-corrected chi connectivity index (χ4v) is 3.64. The molecule has 0 aliphatic carbocycles. The lowest BCUT2D eigenvalue weighted by Crippen LogP contribution is -2.41. The quantitative estimate of drug-likeness (QED) is 0.189. The van der Waals surface area contributed by atoms with E-state index < -0.39 is 28.2 Å². The predicted octanol–water partition coefficient (Wildman–Crippen LogP) is 5.15. The van der Waals surface area contributed by atoms with Gasteiger partial charge in [-0.25, -0.2) is 0 Å². The van der Waals surface area contributed by atoms with Gasteiger partial charge in [-0.3, -0.25) is 30.6 Å². The van der Waals surface area contributed by atoms with Crippen LogP contribution in [0.15, 0.2) is 95.6 Å². The summed E-state index contributed by atoms with van der Waals surface area (Å²) in [7, 11) is 0. The van der Waals surface area contributed by atoms with E-state index in [1.54, 1.807) is 6.07 Å². The molecule has 192 valence electrons. The number of nitrogens with zero attached hydrogens (tertiary/aromatic N) is 1. The first-order chi connectivity index (χ1) is 18.3. The summed E-state index contributed by atoms with van der Waals surface area (Å²) in [6.45, 7) is 2.04. The number of carbonyl (C=O) groups is 2. The third-order valence-electron chi connectivity index (χ3n) is 5.56. The van der Waals surface area contributed by atoms with Gasteiger partial charge in [-0.15, -0.1) is 0 Å². The lowest BCUT2D eigenvalue weighted by molar-refractivity contribution is -0.385. The van der Waals surface area contributed by atoms with E-state index in [2.05, 4.69) is 22.2 Å². The van der Waals surface area contributed by atoms with Crippen LogP contribution in [0, 0.1) is 10.1 Å². The number of aromatic hydroxyl groups is 1. The number of nitrogens with one attached hydrogen (secondary N) is 3. The van der Waals surface area contributed by atoms with Gasteiger partial charge in [-0.2, -0.15) is 0 Å². The molecule has 2 amide bonds. The van der Waals surface area contributed by atoms with Gasteiger partial charge in [0.2, 0.25) is 5.76 Å².